The van der Waals surface area contributed by atoms with Crippen molar-refractivity contribution < 1.29 is 10.2 Å². The van der Waals surface area contributed by atoms with E-state index in [2.05, 4.69) is 9.55 Å². The van der Waals surface area contributed by atoms with Crippen molar-refractivity contribution in [2.75, 3.05) is 6.61 Å². The SMILES string of the molecule is OCC(O)c1cn2c(n1)CCCC2. The number of nitrogens with zero attached hydrogens (tertiary/aromatic N) is 2. The van der Waals surface area contributed by atoms with Gasteiger partial charge in [-0.2, -0.15) is 0 Å². The lowest BCUT2D eigenvalue weighted by Gasteiger charge is -2.11. The second kappa shape index (κ2) is 3.47. The van der Waals surface area contributed by atoms with Crippen LogP contribution in [0.15, 0.2) is 6.20 Å². The summed E-state index contributed by atoms with van der Waals surface area (Å²) in [5.74, 6) is 1.04. The molecule has 0 saturated heterocycles. The van der Waals surface area contributed by atoms with Crippen LogP contribution >= 0.6 is 0 Å². The summed E-state index contributed by atoms with van der Waals surface area (Å²) in [6.07, 6.45) is 4.36. The predicted molar refractivity (Wildman–Crippen MR) is 47.2 cm³/mol. The van der Waals surface area contributed by atoms with Crippen LogP contribution in [0.4, 0.5) is 0 Å². The zero-order valence-electron chi connectivity index (χ0n) is 7.48. The Hall–Kier alpha value is -0.870. The minimum Gasteiger partial charge on any atom is -0.393 e. The topological polar surface area (TPSA) is 58.3 Å². The van der Waals surface area contributed by atoms with E-state index in [9.17, 15) is 5.11 Å². The van der Waals surface area contributed by atoms with E-state index in [4.69, 9.17) is 5.11 Å². The Balaban J connectivity index is 2.25. The lowest BCUT2D eigenvalue weighted by molar-refractivity contribution is 0.0924. The molecule has 0 spiro atoms. The van der Waals surface area contributed by atoms with Gasteiger partial charge in [-0.1, -0.05) is 0 Å². The fourth-order valence-corrected chi connectivity index (χ4v) is 1.69. The minimum absolute atomic E-state index is 0.254. The maximum Gasteiger partial charge on any atom is 0.120 e. The first-order valence-electron chi connectivity index (χ1n) is 4.66. The highest BCUT2D eigenvalue weighted by molar-refractivity contribution is 5.08. The van der Waals surface area contributed by atoms with E-state index >= 15 is 0 Å². The van der Waals surface area contributed by atoms with Crippen LogP contribution in [0, 0.1) is 0 Å². The summed E-state index contributed by atoms with van der Waals surface area (Å²) in [4.78, 5) is 4.27. The smallest absolute Gasteiger partial charge is 0.120 e. The van der Waals surface area contributed by atoms with E-state index in [-0.39, 0.29) is 6.61 Å². The molecule has 0 aromatic carbocycles. The lowest BCUT2D eigenvalue weighted by atomic mass is 10.2. The van der Waals surface area contributed by atoms with Crippen molar-refractivity contribution in [3.8, 4) is 0 Å². The van der Waals surface area contributed by atoms with E-state index in [1.54, 1.807) is 0 Å². The summed E-state index contributed by atoms with van der Waals surface area (Å²) in [6, 6.07) is 0. The van der Waals surface area contributed by atoms with Crippen molar-refractivity contribution in [2.24, 2.45) is 0 Å². The van der Waals surface area contributed by atoms with Crippen molar-refractivity contribution in [3.05, 3.63) is 17.7 Å². The van der Waals surface area contributed by atoms with Crippen molar-refractivity contribution in [2.45, 2.75) is 31.9 Å². The van der Waals surface area contributed by atoms with Gasteiger partial charge in [-0.15, -0.1) is 0 Å². The summed E-state index contributed by atoms with van der Waals surface area (Å²) < 4.78 is 2.07. The van der Waals surface area contributed by atoms with Crippen LogP contribution < -0.4 is 0 Å². The van der Waals surface area contributed by atoms with E-state index in [1.807, 2.05) is 6.20 Å². The molecule has 0 fully saturated rings. The average Bonchev–Trinajstić information content (AvgIpc) is 2.59. The largest absolute Gasteiger partial charge is 0.393 e. The Morgan fingerprint density at radius 1 is 1.54 bits per heavy atom. The molecule has 2 N–H and O–H groups in total. The normalized spacial score (nSPS) is 18.3. The molecular weight excluding hydrogens is 168 g/mol. The number of rotatable bonds is 2. The van der Waals surface area contributed by atoms with Gasteiger partial charge in [0.15, 0.2) is 0 Å². The van der Waals surface area contributed by atoms with E-state index < -0.39 is 6.10 Å². The van der Waals surface area contributed by atoms with Crippen LogP contribution in [0.3, 0.4) is 0 Å². The molecule has 0 saturated carbocycles. The summed E-state index contributed by atoms with van der Waals surface area (Å²) in [6.45, 7) is 0.733. The van der Waals surface area contributed by atoms with Gasteiger partial charge >= 0.3 is 0 Å². The van der Waals surface area contributed by atoms with Gasteiger partial charge < -0.3 is 14.8 Å². The average molecular weight is 182 g/mol. The van der Waals surface area contributed by atoms with E-state index in [0.717, 1.165) is 18.8 Å². The molecule has 0 bridgehead atoms. The standard InChI is InChI=1S/C9H14N2O2/c12-6-8(13)7-5-11-4-2-1-3-9(11)10-7/h5,8,12-13H,1-4,6H2. The zero-order valence-corrected chi connectivity index (χ0v) is 7.48. The number of hydrogen-bond acceptors (Lipinski definition) is 3. The molecule has 2 rings (SSSR count). The van der Waals surface area contributed by atoms with E-state index in [1.165, 1.54) is 12.8 Å². The molecule has 0 radical (unpaired) electrons. The summed E-state index contributed by atoms with van der Waals surface area (Å²) in [7, 11) is 0. The second-order valence-corrected chi connectivity index (χ2v) is 3.43. The van der Waals surface area contributed by atoms with Gasteiger partial charge in [0, 0.05) is 19.2 Å². The van der Waals surface area contributed by atoms with Crippen LogP contribution in [0.5, 0.6) is 0 Å². The van der Waals surface area contributed by atoms with Crippen LogP contribution in [0.25, 0.3) is 0 Å². The highest BCUT2D eigenvalue weighted by atomic mass is 16.3. The molecule has 72 valence electrons. The van der Waals surface area contributed by atoms with Gasteiger partial charge in [0.25, 0.3) is 0 Å². The van der Waals surface area contributed by atoms with Gasteiger partial charge in [-0.25, -0.2) is 4.98 Å². The summed E-state index contributed by atoms with van der Waals surface area (Å²) >= 11 is 0. The second-order valence-electron chi connectivity index (χ2n) is 3.43. The quantitative estimate of drug-likeness (QED) is 0.689. The van der Waals surface area contributed by atoms with Gasteiger partial charge in [0.1, 0.15) is 11.9 Å². The molecule has 4 nitrogen and oxygen atoms in total. The Kier molecular flexibility index (Phi) is 2.33. The number of aliphatic hydroxyl groups is 2. The fraction of sp³-hybridized carbons (Fsp3) is 0.667. The fourth-order valence-electron chi connectivity index (χ4n) is 1.69. The first-order valence-corrected chi connectivity index (χ1v) is 4.66. The number of hydrogen-bond donors (Lipinski definition) is 2. The Morgan fingerprint density at radius 2 is 2.38 bits per heavy atom. The third-order valence-electron chi connectivity index (χ3n) is 2.44. The molecule has 13 heavy (non-hydrogen) atoms. The van der Waals surface area contributed by atoms with Gasteiger partial charge in [-0.3, -0.25) is 0 Å². The predicted octanol–water partition coefficient (Wildman–Crippen LogP) is 0.245. The molecule has 1 aromatic heterocycles. The molecule has 0 amide bonds. The van der Waals surface area contributed by atoms with Crippen molar-refractivity contribution in [3.63, 3.8) is 0 Å². The van der Waals surface area contributed by atoms with Crippen LogP contribution in [0.2, 0.25) is 0 Å². The lowest BCUT2D eigenvalue weighted by Crippen LogP contribution is -2.08. The van der Waals surface area contributed by atoms with Crippen LogP contribution in [0.1, 0.15) is 30.5 Å². The van der Waals surface area contributed by atoms with Crippen molar-refractivity contribution in [1.29, 1.82) is 0 Å². The van der Waals surface area contributed by atoms with Crippen molar-refractivity contribution >= 4 is 0 Å². The highest BCUT2D eigenvalue weighted by Crippen LogP contribution is 2.18. The number of imidazole rings is 1. The summed E-state index contributed by atoms with van der Waals surface area (Å²) in [5.41, 5.74) is 0.597. The Bertz CT molecular complexity index is 272. The van der Waals surface area contributed by atoms with Crippen molar-refractivity contribution in [1.82, 2.24) is 9.55 Å². The minimum atomic E-state index is -0.821. The molecule has 4 heteroatoms. The molecular formula is C9H14N2O2. The molecule has 2 heterocycles. The van der Waals surface area contributed by atoms with Crippen LogP contribution in [-0.2, 0) is 13.0 Å². The number of aromatic nitrogens is 2. The summed E-state index contributed by atoms with van der Waals surface area (Å²) in [5, 5.41) is 18.1. The number of aliphatic hydroxyl groups excluding tert-OH is 2. The van der Waals surface area contributed by atoms with Gasteiger partial charge in [0.2, 0.25) is 0 Å². The first kappa shape index (κ1) is 8.72. The monoisotopic (exact) mass is 182 g/mol. The molecule has 1 unspecified atom stereocenters. The first-order chi connectivity index (χ1) is 6.31. The molecule has 1 aliphatic heterocycles. The Morgan fingerprint density at radius 3 is 3.08 bits per heavy atom. The molecule has 1 aromatic rings. The molecule has 1 atom stereocenters. The maximum atomic E-state index is 9.35. The van der Waals surface area contributed by atoms with E-state index in [0.29, 0.717) is 5.69 Å². The highest BCUT2D eigenvalue weighted by Gasteiger charge is 2.16. The van der Waals surface area contributed by atoms with Gasteiger partial charge in [-0.05, 0) is 12.8 Å². The molecule has 0 aliphatic carbocycles. The number of aryl methyl sites for hydroxylation is 2. The zero-order chi connectivity index (χ0) is 9.26. The van der Waals surface area contributed by atoms with Gasteiger partial charge in [0.05, 0.1) is 12.3 Å². The van der Waals surface area contributed by atoms with Crippen LogP contribution in [-0.4, -0.2) is 26.4 Å². The third-order valence-corrected chi connectivity index (χ3v) is 2.44. The maximum absolute atomic E-state index is 9.35. The molecule has 1 aliphatic rings. The number of fused-ring (bicyclic) bond motifs is 1. The Labute approximate surface area is 76.8 Å². The third kappa shape index (κ3) is 1.59.